The van der Waals surface area contributed by atoms with Crippen LogP contribution in [0.25, 0.3) is 0 Å². The molecule has 68 heavy (non-hydrogen) atoms. The van der Waals surface area contributed by atoms with Gasteiger partial charge in [0.05, 0.1) is 18.8 Å². The summed E-state index contributed by atoms with van der Waals surface area (Å²) in [6.07, 6.45) is -6.17. The second-order valence-corrected chi connectivity index (χ2v) is 15.5. The monoisotopic (exact) mass is 994 g/mol. The molecule has 0 aliphatic heterocycles. The van der Waals surface area contributed by atoms with Crippen LogP contribution in [0.1, 0.15) is 70.7 Å². The highest BCUT2D eigenvalue weighted by Crippen LogP contribution is 2.34. The highest BCUT2D eigenvalue weighted by molar-refractivity contribution is 9.10. The van der Waals surface area contributed by atoms with E-state index in [1.54, 1.807) is 60.7 Å². The van der Waals surface area contributed by atoms with Gasteiger partial charge < -0.3 is 33.5 Å². The minimum atomic E-state index is -1.92. The number of carbonyl (C=O) groups is 8. The Bertz CT molecular complexity index is 2430. The number of hydrogen-bond acceptors (Lipinski definition) is 15. The fourth-order valence-corrected chi connectivity index (χ4v) is 7.31. The van der Waals surface area contributed by atoms with Crippen LogP contribution in [0.15, 0.2) is 126 Å². The SMILES string of the molecule is CCOC(=O)N(C(=O)OCc1ccccc1)[C@@H](Cc1ccc(OC(C)=O)cc1)C(=O)c1c(O)ccc(Br)c1C(=O)[C@H](Cc1ccc(OC(C)=O)cc1)N(C(=O)OCC)C(=O)OCc1ccccc1. The number of esters is 2. The standard InChI is InChI=1S/C50H47BrN2O15/c1-5-63-47(59)52(49(61)65-29-35-13-9-7-10-14-35)40(27-33-17-21-37(22-18-33)67-31(3)54)45(57)43-39(51)25-26-42(56)44(43)46(58)41(28-34-19-23-38(24-20-34)68-32(4)55)53(48(60)64-6-2)50(62)66-30-36-15-11-8-12-16-36/h7-26,40-41,56H,5-6,27-30H2,1-4H3/t40-,41-/m0/s1. The predicted octanol–water partition coefficient (Wildman–Crippen LogP) is 9.18. The van der Waals surface area contributed by atoms with Crippen LogP contribution in [-0.4, -0.2) is 88.1 Å². The molecule has 5 aromatic carbocycles. The summed E-state index contributed by atoms with van der Waals surface area (Å²) >= 11 is 3.34. The number of ketones is 2. The fourth-order valence-electron chi connectivity index (χ4n) is 6.78. The lowest BCUT2D eigenvalue weighted by atomic mass is 9.88. The van der Waals surface area contributed by atoms with Crippen LogP contribution in [0.4, 0.5) is 19.2 Å². The maximum atomic E-state index is 15.4. The van der Waals surface area contributed by atoms with Crippen molar-refractivity contribution >= 4 is 63.8 Å². The molecule has 0 aliphatic rings. The first-order valence-corrected chi connectivity index (χ1v) is 21.9. The van der Waals surface area contributed by atoms with E-state index in [2.05, 4.69) is 15.9 Å². The number of rotatable bonds is 18. The minimum Gasteiger partial charge on any atom is -0.507 e. The molecule has 0 aromatic heterocycles. The number of nitrogens with zero attached hydrogens (tertiary/aromatic N) is 2. The van der Waals surface area contributed by atoms with E-state index in [4.69, 9.17) is 28.4 Å². The largest absolute Gasteiger partial charge is 0.507 e. The van der Waals surface area contributed by atoms with Gasteiger partial charge in [-0.1, -0.05) is 101 Å². The van der Waals surface area contributed by atoms with Crippen LogP contribution in [0.3, 0.4) is 0 Å². The molecule has 0 saturated heterocycles. The van der Waals surface area contributed by atoms with Gasteiger partial charge >= 0.3 is 36.3 Å². The molecule has 1 N–H and O–H groups in total. The summed E-state index contributed by atoms with van der Waals surface area (Å²) in [5, 5.41) is 11.7. The molecule has 2 atom stereocenters. The molecular formula is C50H47BrN2O15. The van der Waals surface area contributed by atoms with Gasteiger partial charge in [0.1, 0.15) is 42.5 Å². The van der Waals surface area contributed by atoms with Crippen molar-refractivity contribution in [1.82, 2.24) is 9.80 Å². The molecule has 0 radical (unpaired) electrons. The number of imide groups is 2. The molecule has 0 bridgehead atoms. The number of aromatic hydroxyl groups is 1. The summed E-state index contributed by atoms with van der Waals surface area (Å²) in [7, 11) is 0. The quantitative estimate of drug-likeness (QED) is 0.0374. The zero-order chi connectivity index (χ0) is 49.3. The summed E-state index contributed by atoms with van der Waals surface area (Å²) in [5.74, 6) is -3.99. The van der Waals surface area contributed by atoms with Crippen molar-refractivity contribution in [2.45, 2.75) is 65.8 Å². The van der Waals surface area contributed by atoms with Gasteiger partial charge in [-0.2, -0.15) is 0 Å². The molecule has 5 aromatic rings. The second kappa shape index (κ2) is 24.6. The van der Waals surface area contributed by atoms with Crippen LogP contribution in [0.5, 0.6) is 17.2 Å². The maximum Gasteiger partial charge on any atom is 0.420 e. The zero-order valence-electron chi connectivity index (χ0n) is 37.4. The molecule has 0 saturated carbocycles. The Labute approximate surface area is 399 Å². The lowest BCUT2D eigenvalue weighted by Gasteiger charge is -2.30. The van der Waals surface area contributed by atoms with Gasteiger partial charge in [-0.05, 0) is 72.5 Å². The Morgan fingerprint density at radius 3 is 1.22 bits per heavy atom. The zero-order valence-corrected chi connectivity index (χ0v) is 39.0. The number of amides is 4. The smallest absolute Gasteiger partial charge is 0.420 e. The number of benzene rings is 5. The van der Waals surface area contributed by atoms with Gasteiger partial charge in [0.15, 0.2) is 11.6 Å². The first kappa shape index (κ1) is 51.1. The molecule has 17 nitrogen and oxygen atoms in total. The maximum absolute atomic E-state index is 15.4. The van der Waals surface area contributed by atoms with Gasteiger partial charge in [-0.15, -0.1) is 0 Å². The number of phenols is 1. The lowest BCUT2D eigenvalue weighted by Crippen LogP contribution is -2.52. The number of hydrogen-bond donors (Lipinski definition) is 1. The minimum absolute atomic E-state index is 0.112. The van der Waals surface area contributed by atoms with Crippen molar-refractivity contribution < 1.29 is 71.9 Å². The van der Waals surface area contributed by atoms with Gasteiger partial charge in [0, 0.05) is 36.7 Å². The summed E-state index contributed by atoms with van der Waals surface area (Å²) < 4.78 is 31.9. The van der Waals surface area contributed by atoms with Gasteiger partial charge in [0.2, 0.25) is 0 Å². The Balaban J connectivity index is 1.68. The van der Waals surface area contributed by atoms with Crippen LogP contribution in [-0.2, 0) is 54.6 Å². The van der Waals surface area contributed by atoms with Gasteiger partial charge in [-0.3, -0.25) is 19.2 Å². The molecular weight excluding hydrogens is 948 g/mol. The van der Waals surface area contributed by atoms with E-state index in [0.717, 1.165) is 6.07 Å². The summed E-state index contributed by atoms with van der Waals surface area (Å²) in [6, 6.07) is 27.0. The molecule has 18 heteroatoms. The third-order valence-corrected chi connectivity index (χ3v) is 10.5. The molecule has 0 fully saturated rings. The normalized spacial score (nSPS) is 11.5. The number of ether oxygens (including phenoxy) is 6. The van der Waals surface area contributed by atoms with E-state index in [0.29, 0.717) is 32.1 Å². The topological polar surface area (TPSA) is 219 Å². The van der Waals surface area contributed by atoms with Crippen LogP contribution >= 0.6 is 15.9 Å². The number of Topliss-reactive ketones (excluding diaryl/α,β-unsaturated/α-hetero) is 2. The van der Waals surface area contributed by atoms with Crippen molar-refractivity contribution in [3.05, 3.63) is 159 Å². The van der Waals surface area contributed by atoms with E-state index in [1.807, 2.05) is 0 Å². The van der Waals surface area contributed by atoms with E-state index in [9.17, 15) is 33.9 Å². The number of halogens is 1. The third kappa shape index (κ3) is 13.8. The number of phenolic OH excluding ortho intramolecular Hbond substituents is 1. The Morgan fingerprint density at radius 1 is 0.485 bits per heavy atom. The van der Waals surface area contributed by atoms with Crippen molar-refractivity contribution in [3.8, 4) is 17.2 Å². The third-order valence-electron chi connectivity index (χ3n) is 9.81. The van der Waals surface area contributed by atoms with E-state index >= 15 is 9.59 Å². The van der Waals surface area contributed by atoms with Crippen LogP contribution in [0, 0.1) is 0 Å². The summed E-state index contributed by atoms with van der Waals surface area (Å²) in [6.45, 7) is 4.19. The lowest BCUT2D eigenvalue weighted by molar-refractivity contribution is -0.132. The van der Waals surface area contributed by atoms with E-state index < -0.39 is 89.7 Å². The van der Waals surface area contributed by atoms with Gasteiger partial charge in [-0.25, -0.2) is 29.0 Å². The Hall–Kier alpha value is -7.86. The summed E-state index contributed by atoms with van der Waals surface area (Å²) in [5.41, 5.74) is 0.394. The molecule has 5 rings (SSSR count). The average Bonchev–Trinajstić information content (AvgIpc) is 3.31. The first-order chi connectivity index (χ1) is 32.6. The molecule has 4 amide bonds. The summed E-state index contributed by atoms with van der Waals surface area (Å²) in [4.78, 5) is 111. The highest BCUT2D eigenvalue weighted by atomic mass is 79.9. The van der Waals surface area contributed by atoms with Crippen LogP contribution in [0.2, 0.25) is 0 Å². The van der Waals surface area contributed by atoms with Crippen molar-refractivity contribution in [3.63, 3.8) is 0 Å². The predicted molar refractivity (Wildman–Crippen MR) is 246 cm³/mol. The van der Waals surface area contributed by atoms with E-state index in [-0.39, 0.29) is 42.4 Å². The molecule has 0 aliphatic carbocycles. The Morgan fingerprint density at radius 2 is 0.853 bits per heavy atom. The molecule has 354 valence electrons. The average molecular weight is 996 g/mol. The number of carbonyl (C=O) groups excluding carboxylic acids is 8. The Kier molecular flexibility index (Phi) is 18.5. The second-order valence-electron chi connectivity index (χ2n) is 14.7. The highest BCUT2D eigenvalue weighted by Gasteiger charge is 2.44. The first-order valence-electron chi connectivity index (χ1n) is 21.1. The van der Waals surface area contributed by atoms with Crippen molar-refractivity contribution in [1.29, 1.82) is 0 Å². The molecule has 0 unspecified atom stereocenters. The van der Waals surface area contributed by atoms with Gasteiger partial charge in [0.25, 0.3) is 0 Å². The molecule has 0 heterocycles. The van der Waals surface area contributed by atoms with Crippen molar-refractivity contribution in [2.75, 3.05) is 13.2 Å². The van der Waals surface area contributed by atoms with Crippen LogP contribution < -0.4 is 9.47 Å². The van der Waals surface area contributed by atoms with E-state index in [1.165, 1.54) is 82.3 Å². The van der Waals surface area contributed by atoms with Crippen molar-refractivity contribution in [2.24, 2.45) is 0 Å². The fraction of sp³-hybridized carbons (Fsp3) is 0.240. The molecule has 0 spiro atoms.